The molecule has 0 saturated heterocycles. The Morgan fingerprint density at radius 2 is 2.07 bits per heavy atom. The fourth-order valence-electron chi connectivity index (χ4n) is 1.16. The van der Waals surface area contributed by atoms with Crippen molar-refractivity contribution in [2.24, 2.45) is 0 Å². The lowest BCUT2D eigenvalue weighted by Gasteiger charge is -2.04. The number of aromatic nitrogens is 2. The number of nitrogens with zero attached hydrogens (tertiary/aromatic N) is 1. The molecule has 0 unspecified atom stereocenters. The Labute approximate surface area is 82.8 Å². The lowest BCUT2D eigenvalue weighted by atomic mass is 10.2. The highest BCUT2D eigenvalue weighted by molar-refractivity contribution is 5.26. The minimum Gasteiger partial charge on any atom is -0.487 e. The number of hydrogen-bond donors (Lipinski definition) is 1. The normalized spacial score (nSPS) is 10.1. The molecule has 0 aliphatic rings. The molecule has 0 spiro atoms. The Morgan fingerprint density at radius 1 is 1.29 bits per heavy atom. The monoisotopic (exact) mass is 188 g/mol. The molecule has 1 N–H and O–H groups in total. The first kappa shape index (κ1) is 8.81. The Bertz CT molecular complexity index is 378. The van der Waals surface area contributed by atoms with Gasteiger partial charge in [0.15, 0.2) is 0 Å². The Hall–Kier alpha value is -1.77. The highest BCUT2D eigenvalue weighted by Crippen LogP contribution is 2.12. The molecule has 1 aromatic heterocycles. The van der Waals surface area contributed by atoms with Gasteiger partial charge in [0.25, 0.3) is 0 Å². The topological polar surface area (TPSA) is 37.9 Å². The van der Waals surface area contributed by atoms with Gasteiger partial charge in [-0.2, -0.15) is 0 Å². The van der Waals surface area contributed by atoms with Crippen molar-refractivity contribution in [2.75, 3.05) is 0 Å². The Kier molecular flexibility index (Phi) is 2.49. The number of nitrogens with one attached hydrogen (secondary N) is 1. The summed E-state index contributed by atoms with van der Waals surface area (Å²) in [5, 5.41) is 0. The van der Waals surface area contributed by atoms with Crippen LogP contribution in [0.3, 0.4) is 0 Å². The number of H-pyrrole nitrogens is 1. The first-order valence-corrected chi connectivity index (χ1v) is 4.51. The van der Waals surface area contributed by atoms with Gasteiger partial charge < -0.3 is 9.72 Å². The summed E-state index contributed by atoms with van der Waals surface area (Å²) in [5.41, 5.74) is 2.21. The van der Waals surface area contributed by atoms with E-state index in [2.05, 4.69) is 16.9 Å². The first-order chi connectivity index (χ1) is 6.84. The van der Waals surface area contributed by atoms with E-state index in [4.69, 9.17) is 4.74 Å². The first-order valence-electron chi connectivity index (χ1n) is 4.51. The molecular formula is C11H12N2O. The lowest BCUT2D eigenvalue weighted by molar-refractivity contribution is 0.302. The SMILES string of the molecule is Cc1ccc(OCc2cnc[nH]2)cc1. The zero-order valence-corrected chi connectivity index (χ0v) is 8.03. The van der Waals surface area contributed by atoms with Crippen LogP contribution in [0.25, 0.3) is 0 Å². The molecule has 0 saturated carbocycles. The van der Waals surface area contributed by atoms with Crippen LogP contribution in [0.5, 0.6) is 5.75 Å². The zero-order valence-electron chi connectivity index (χ0n) is 8.03. The summed E-state index contributed by atoms with van der Waals surface area (Å²) in [6, 6.07) is 7.99. The molecule has 0 aliphatic heterocycles. The largest absolute Gasteiger partial charge is 0.487 e. The van der Waals surface area contributed by atoms with E-state index in [9.17, 15) is 0 Å². The van der Waals surface area contributed by atoms with Gasteiger partial charge in [-0.1, -0.05) is 17.7 Å². The Morgan fingerprint density at radius 3 is 2.71 bits per heavy atom. The number of aryl methyl sites for hydroxylation is 1. The van der Waals surface area contributed by atoms with Gasteiger partial charge in [-0.25, -0.2) is 4.98 Å². The van der Waals surface area contributed by atoms with Crippen LogP contribution in [0.4, 0.5) is 0 Å². The highest BCUT2D eigenvalue weighted by atomic mass is 16.5. The minimum absolute atomic E-state index is 0.531. The molecule has 14 heavy (non-hydrogen) atoms. The molecule has 1 heterocycles. The van der Waals surface area contributed by atoms with Crippen molar-refractivity contribution >= 4 is 0 Å². The van der Waals surface area contributed by atoms with Crippen LogP contribution in [0, 0.1) is 6.92 Å². The highest BCUT2D eigenvalue weighted by Gasteiger charge is 1.95. The van der Waals surface area contributed by atoms with Gasteiger partial charge in [0.1, 0.15) is 12.4 Å². The van der Waals surface area contributed by atoms with E-state index in [0.717, 1.165) is 11.4 Å². The molecule has 0 amide bonds. The molecular weight excluding hydrogens is 176 g/mol. The fraction of sp³-hybridized carbons (Fsp3) is 0.182. The van der Waals surface area contributed by atoms with Crippen molar-refractivity contribution in [1.29, 1.82) is 0 Å². The average molecular weight is 188 g/mol. The van der Waals surface area contributed by atoms with Crippen LogP contribution in [0.1, 0.15) is 11.3 Å². The lowest BCUT2D eigenvalue weighted by Crippen LogP contribution is -1.95. The van der Waals surface area contributed by atoms with E-state index in [-0.39, 0.29) is 0 Å². The molecule has 0 fully saturated rings. The van der Waals surface area contributed by atoms with E-state index in [0.29, 0.717) is 6.61 Å². The van der Waals surface area contributed by atoms with Crippen LogP contribution in [0.15, 0.2) is 36.8 Å². The van der Waals surface area contributed by atoms with Gasteiger partial charge >= 0.3 is 0 Å². The van der Waals surface area contributed by atoms with Crippen LogP contribution >= 0.6 is 0 Å². The number of imidazole rings is 1. The van der Waals surface area contributed by atoms with E-state index >= 15 is 0 Å². The summed E-state index contributed by atoms with van der Waals surface area (Å²) in [7, 11) is 0. The van der Waals surface area contributed by atoms with Crippen molar-refractivity contribution in [3.05, 3.63) is 48.0 Å². The van der Waals surface area contributed by atoms with Gasteiger partial charge in [-0.3, -0.25) is 0 Å². The average Bonchev–Trinajstić information content (AvgIpc) is 2.70. The van der Waals surface area contributed by atoms with Gasteiger partial charge in [-0.05, 0) is 19.1 Å². The van der Waals surface area contributed by atoms with Crippen LogP contribution in [-0.2, 0) is 6.61 Å². The molecule has 1 aromatic carbocycles. The fourth-order valence-corrected chi connectivity index (χ4v) is 1.16. The number of rotatable bonds is 3. The quantitative estimate of drug-likeness (QED) is 0.802. The van der Waals surface area contributed by atoms with Crippen molar-refractivity contribution in [1.82, 2.24) is 9.97 Å². The summed E-state index contributed by atoms with van der Waals surface area (Å²) in [6.45, 7) is 2.59. The van der Waals surface area contributed by atoms with E-state index in [1.807, 2.05) is 24.3 Å². The van der Waals surface area contributed by atoms with Crippen molar-refractivity contribution in [3.63, 3.8) is 0 Å². The maximum atomic E-state index is 5.53. The summed E-state index contributed by atoms with van der Waals surface area (Å²) in [5.74, 6) is 0.880. The van der Waals surface area contributed by atoms with Gasteiger partial charge in [0.05, 0.1) is 18.2 Å². The number of hydrogen-bond acceptors (Lipinski definition) is 2. The predicted octanol–water partition coefficient (Wildman–Crippen LogP) is 2.30. The summed E-state index contributed by atoms with van der Waals surface area (Å²) in [6.07, 6.45) is 3.40. The minimum atomic E-state index is 0.531. The van der Waals surface area contributed by atoms with Gasteiger partial charge in [0.2, 0.25) is 0 Å². The second-order valence-electron chi connectivity index (χ2n) is 3.18. The number of aromatic amines is 1. The van der Waals surface area contributed by atoms with Crippen LogP contribution in [-0.4, -0.2) is 9.97 Å². The smallest absolute Gasteiger partial charge is 0.130 e. The van der Waals surface area contributed by atoms with Crippen LogP contribution < -0.4 is 4.74 Å². The third kappa shape index (κ3) is 2.13. The van der Waals surface area contributed by atoms with Gasteiger partial charge in [-0.15, -0.1) is 0 Å². The molecule has 0 radical (unpaired) electrons. The maximum absolute atomic E-state index is 5.53. The molecule has 0 bridgehead atoms. The van der Waals surface area contributed by atoms with E-state index in [1.54, 1.807) is 12.5 Å². The zero-order chi connectivity index (χ0) is 9.80. The van der Waals surface area contributed by atoms with Gasteiger partial charge in [0, 0.05) is 0 Å². The summed E-state index contributed by atoms with van der Waals surface area (Å²) >= 11 is 0. The number of benzene rings is 1. The number of ether oxygens (including phenoxy) is 1. The molecule has 0 aliphatic carbocycles. The van der Waals surface area contributed by atoms with Crippen molar-refractivity contribution < 1.29 is 4.74 Å². The third-order valence-electron chi connectivity index (χ3n) is 1.97. The predicted molar refractivity (Wildman–Crippen MR) is 54.1 cm³/mol. The molecule has 3 nitrogen and oxygen atoms in total. The molecule has 3 heteroatoms. The summed E-state index contributed by atoms with van der Waals surface area (Å²) in [4.78, 5) is 6.90. The molecule has 72 valence electrons. The molecule has 2 rings (SSSR count). The van der Waals surface area contributed by atoms with Crippen LogP contribution in [0.2, 0.25) is 0 Å². The molecule has 2 aromatic rings. The third-order valence-corrected chi connectivity index (χ3v) is 1.97. The second kappa shape index (κ2) is 3.96. The summed E-state index contributed by atoms with van der Waals surface area (Å²) < 4.78 is 5.53. The van der Waals surface area contributed by atoms with E-state index < -0.39 is 0 Å². The molecule has 0 atom stereocenters. The standard InChI is InChI=1S/C11H12N2O/c1-9-2-4-11(5-3-9)14-7-10-6-12-8-13-10/h2-6,8H,7H2,1H3,(H,12,13). The van der Waals surface area contributed by atoms with Crippen molar-refractivity contribution in [3.8, 4) is 5.75 Å². The Balaban J connectivity index is 1.95. The van der Waals surface area contributed by atoms with Crippen molar-refractivity contribution in [2.45, 2.75) is 13.5 Å². The van der Waals surface area contributed by atoms with E-state index in [1.165, 1.54) is 5.56 Å². The second-order valence-corrected chi connectivity index (χ2v) is 3.18. The maximum Gasteiger partial charge on any atom is 0.130 e.